The van der Waals surface area contributed by atoms with Gasteiger partial charge in [-0.1, -0.05) is 19.1 Å². The van der Waals surface area contributed by atoms with E-state index >= 15 is 0 Å². The number of benzene rings is 1. The number of thiophene rings is 1. The molecule has 0 saturated carbocycles. The second-order valence-electron chi connectivity index (χ2n) is 4.97. The number of carbonyl (C=O) groups excluding carboxylic acids is 1. The fourth-order valence-electron chi connectivity index (χ4n) is 2.16. The van der Waals surface area contributed by atoms with Crippen LogP contribution in [-0.2, 0) is 6.54 Å². The summed E-state index contributed by atoms with van der Waals surface area (Å²) in [4.78, 5) is 15.3. The van der Waals surface area contributed by atoms with Gasteiger partial charge in [0, 0.05) is 13.1 Å². The number of nitrogens with zero attached hydrogens (tertiary/aromatic N) is 2. The number of carbonyl (C=O) groups is 1. The zero-order valence-electron chi connectivity index (χ0n) is 12.3. The second kappa shape index (κ2) is 7.05. The fraction of sp³-hybridized carbons (Fsp3) is 0.294. The first kappa shape index (κ1) is 15.3. The van der Waals surface area contributed by atoms with Crippen LogP contribution in [0.25, 0.3) is 0 Å². The van der Waals surface area contributed by atoms with Gasteiger partial charge >= 0.3 is 0 Å². The first-order chi connectivity index (χ1) is 10.2. The molecule has 0 unspecified atom stereocenters. The van der Waals surface area contributed by atoms with E-state index < -0.39 is 0 Å². The molecule has 21 heavy (non-hydrogen) atoms. The molecule has 3 nitrogen and oxygen atoms in total. The van der Waals surface area contributed by atoms with Crippen LogP contribution in [0.15, 0.2) is 35.7 Å². The van der Waals surface area contributed by atoms with Gasteiger partial charge < -0.3 is 4.90 Å². The number of rotatable bonds is 5. The maximum absolute atomic E-state index is 12.6. The summed E-state index contributed by atoms with van der Waals surface area (Å²) in [5.41, 5.74) is 2.72. The van der Waals surface area contributed by atoms with Crippen molar-refractivity contribution in [3.8, 4) is 6.07 Å². The lowest BCUT2D eigenvalue weighted by molar-refractivity contribution is 0.0747. The Morgan fingerprint density at radius 3 is 2.52 bits per heavy atom. The Morgan fingerprint density at radius 2 is 2.00 bits per heavy atom. The van der Waals surface area contributed by atoms with Crippen molar-refractivity contribution < 1.29 is 4.79 Å². The number of nitriles is 1. The van der Waals surface area contributed by atoms with Crippen molar-refractivity contribution in [3.63, 3.8) is 0 Å². The summed E-state index contributed by atoms with van der Waals surface area (Å²) in [6.07, 6.45) is 0.923. The molecule has 0 atom stereocenters. The van der Waals surface area contributed by atoms with Crippen molar-refractivity contribution in [2.24, 2.45) is 0 Å². The van der Waals surface area contributed by atoms with Gasteiger partial charge in [-0.3, -0.25) is 4.79 Å². The minimum Gasteiger partial charge on any atom is -0.334 e. The molecule has 108 valence electrons. The third-order valence-corrected chi connectivity index (χ3v) is 4.30. The van der Waals surface area contributed by atoms with Gasteiger partial charge in [-0.2, -0.15) is 5.26 Å². The standard InChI is InChI=1S/C17H18N2OS/c1-3-9-19(17(20)16-13(2)8-10-21-16)12-15-6-4-14(11-18)5-7-15/h4-8,10H,3,9,12H2,1-2H3. The van der Waals surface area contributed by atoms with E-state index in [0.717, 1.165) is 29.0 Å². The van der Waals surface area contributed by atoms with E-state index in [-0.39, 0.29) is 5.91 Å². The Hall–Kier alpha value is -2.12. The van der Waals surface area contributed by atoms with E-state index in [9.17, 15) is 4.79 Å². The molecular formula is C17H18N2OS. The lowest BCUT2D eigenvalue weighted by Gasteiger charge is -2.22. The van der Waals surface area contributed by atoms with Crippen LogP contribution in [0.2, 0.25) is 0 Å². The highest BCUT2D eigenvalue weighted by Gasteiger charge is 2.18. The van der Waals surface area contributed by atoms with E-state index in [1.165, 1.54) is 11.3 Å². The summed E-state index contributed by atoms with van der Waals surface area (Å²) in [6, 6.07) is 11.5. The van der Waals surface area contributed by atoms with Crippen LogP contribution in [0.3, 0.4) is 0 Å². The number of hydrogen-bond donors (Lipinski definition) is 0. The van der Waals surface area contributed by atoms with Crippen molar-refractivity contribution in [1.82, 2.24) is 4.90 Å². The molecule has 0 bridgehead atoms. The van der Waals surface area contributed by atoms with Crippen LogP contribution < -0.4 is 0 Å². The molecule has 2 aromatic rings. The van der Waals surface area contributed by atoms with Gasteiger partial charge in [-0.15, -0.1) is 11.3 Å². The molecule has 0 radical (unpaired) electrons. The largest absolute Gasteiger partial charge is 0.334 e. The van der Waals surface area contributed by atoms with Crippen LogP contribution in [-0.4, -0.2) is 17.4 Å². The topological polar surface area (TPSA) is 44.1 Å². The molecule has 1 heterocycles. The van der Waals surface area contributed by atoms with E-state index in [0.29, 0.717) is 12.1 Å². The highest BCUT2D eigenvalue weighted by Crippen LogP contribution is 2.19. The molecule has 0 fully saturated rings. The molecule has 0 N–H and O–H groups in total. The van der Waals surface area contributed by atoms with Gasteiger partial charge in [0.1, 0.15) is 0 Å². The molecule has 1 aromatic carbocycles. The van der Waals surface area contributed by atoms with Crippen molar-refractivity contribution in [1.29, 1.82) is 5.26 Å². The fourth-order valence-corrected chi connectivity index (χ4v) is 3.05. The molecule has 0 aliphatic rings. The normalized spacial score (nSPS) is 10.1. The average Bonchev–Trinajstić information content (AvgIpc) is 2.93. The zero-order valence-corrected chi connectivity index (χ0v) is 13.1. The quantitative estimate of drug-likeness (QED) is 0.838. The molecule has 2 rings (SSSR count). The summed E-state index contributed by atoms with van der Waals surface area (Å²) < 4.78 is 0. The predicted molar refractivity (Wildman–Crippen MR) is 85.2 cm³/mol. The second-order valence-corrected chi connectivity index (χ2v) is 5.88. The first-order valence-corrected chi connectivity index (χ1v) is 7.86. The Morgan fingerprint density at radius 1 is 1.29 bits per heavy atom. The highest BCUT2D eigenvalue weighted by atomic mass is 32.1. The Labute approximate surface area is 129 Å². The molecule has 0 aliphatic carbocycles. The summed E-state index contributed by atoms with van der Waals surface area (Å²) in [7, 11) is 0. The lowest BCUT2D eigenvalue weighted by atomic mass is 10.1. The Balaban J connectivity index is 2.17. The maximum atomic E-state index is 12.6. The minimum absolute atomic E-state index is 0.0914. The average molecular weight is 298 g/mol. The van der Waals surface area contributed by atoms with Gasteiger partial charge in [0.05, 0.1) is 16.5 Å². The van der Waals surface area contributed by atoms with Crippen LogP contribution in [0.1, 0.15) is 39.7 Å². The molecule has 4 heteroatoms. The first-order valence-electron chi connectivity index (χ1n) is 6.98. The Kier molecular flexibility index (Phi) is 5.13. The zero-order chi connectivity index (χ0) is 15.2. The summed E-state index contributed by atoms with van der Waals surface area (Å²) >= 11 is 1.49. The minimum atomic E-state index is 0.0914. The monoisotopic (exact) mass is 298 g/mol. The van der Waals surface area contributed by atoms with Gasteiger partial charge in [0.2, 0.25) is 0 Å². The lowest BCUT2D eigenvalue weighted by Crippen LogP contribution is -2.31. The maximum Gasteiger partial charge on any atom is 0.264 e. The SMILES string of the molecule is CCCN(Cc1ccc(C#N)cc1)C(=O)c1sccc1C. The third kappa shape index (κ3) is 3.71. The number of hydrogen-bond acceptors (Lipinski definition) is 3. The predicted octanol–water partition coefficient (Wildman–Crippen LogP) is 3.98. The van der Waals surface area contributed by atoms with Crippen LogP contribution in [0.4, 0.5) is 0 Å². The molecule has 0 saturated heterocycles. The summed E-state index contributed by atoms with van der Waals surface area (Å²) in [6.45, 7) is 5.35. The van der Waals surface area contributed by atoms with E-state index in [2.05, 4.69) is 13.0 Å². The van der Waals surface area contributed by atoms with Crippen molar-refractivity contribution in [2.45, 2.75) is 26.8 Å². The van der Waals surface area contributed by atoms with Crippen LogP contribution in [0.5, 0.6) is 0 Å². The number of amides is 1. The van der Waals surface area contributed by atoms with Gasteiger partial charge in [0.25, 0.3) is 5.91 Å². The molecule has 0 aliphatic heterocycles. The third-order valence-electron chi connectivity index (χ3n) is 3.29. The van der Waals surface area contributed by atoms with E-state index in [1.807, 2.05) is 35.4 Å². The van der Waals surface area contributed by atoms with E-state index in [4.69, 9.17) is 5.26 Å². The smallest absolute Gasteiger partial charge is 0.264 e. The van der Waals surface area contributed by atoms with Crippen LogP contribution in [0, 0.1) is 18.3 Å². The summed E-state index contributed by atoms with van der Waals surface area (Å²) in [5, 5.41) is 10.8. The van der Waals surface area contributed by atoms with Gasteiger partial charge in [0.15, 0.2) is 0 Å². The van der Waals surface area contributed by atoms with Crippen LogP contribution >= 0.6 is 11.3 Å². The van der Waals surface area contributed by atoms with Crippen molar-refractivity contribution in [2.75, 3.05) is 6.54 Å². The van der Waals surface area contributed by atoms with E-state index in [1.54, 1.807) is 12.1 Å². The number of aryl methyl sites for hydroxylation is 1. The van der Waals surface area contributed by atoms with Crippen molar-refractivity contribution >= 4 is 17.2 Å². The van der Waals surface area contributed by atoms with Crippen molar-refractivity contribution in [3.05, 3.63) is 57.3 Å². The van der Waals surface area contributed by atoms with Gasteiger partial charge in [-0.05, 0) is 48.1 Å². The summed E-state index contributed by atoms with van der Waals surface area (Å²) in [5.74, 6) is 0.0914. The molecule has 0 spiro atoms. The molecular weight excluding hydrogens is 280 g/mol. The molecule has 1 amide bonds. The highest BCUT2D eigenvalue weighted by molar-refractivity contribution is 7.12. The van der Waals surface area contributed by atoms with Gasteiger partial charge in [-0.25, -0.2) is 0 Å². The molecule has 1 aromatic heterocycles. The Bertz CT molecular complexity index is 652.